The van der Waals surface area contributed by atoms with Crippen LogP contribution in [-0.2, 0) is 14.3 Å². The maximum atomic E-state index is 12.8. The molecule has 1 saturated carbocycles. The lowest BCUT2D eigenvalue weighted by Crippen LogP contribution is -2.59. The van der Waals surface area contributed by atoms with Gasteiger partial charge in [0.25, 0.3) is 0 Å². The number of carbonyl (C=O) groups is 2. The molecular weight excluding hydrogens is 318 g/mol. The maximum Gasteiger partial charge on any atom is 0.243 e. The zero-order valence-electron chi connectivity index (χ0n) is 15.3. The normalized spacial score (nSPS) is 26.7. The van der Waals surface area contributed by atoms with Crippen LogP contribution in [0.2, 0.25) is 0 Å². The molecule has 0 spiro atoms. The predicted molar refractivity (Wildman–Crippen MR) is 95.9 cm³/mol. The first-order valence-electron chi connectivity index (χ1n) is 10.0. The fourth-order valence-corrected chi connectivity index (χ4v) is 4.68. The zero-order valence-corrected chi connectivity index (χ0v) is 15.3. The second-order valence-electron chi connectivity index (χ2n) is 8.00. The highest BCUT2D eigenvalue weighted by Crippen LogP contribution is 2.29. The van der Waals surface area contributed by atoms with Crippen LogP contribution in [-0.4, -0.2) is 54.6 Å². The van der Waals surface area contributed by atoms with Crippen molar-refractivity contribution in [2.75, 3.05) is 26.3 Å². The summed E-state index contributed by atoms with van der Waals surface area (Å²) in [5.74, 6) is -0.315. The van der Waals surface area contributed by atoms with E-state index < -0.39 is 5.54 Å². The summed E-state index contributed by atoms with van der Waals surface area (Å²) in [6.45, 7) is 3.64. The Morgan fingerprint density at radius 3 is 2.12 bits per heavy atom. The monoisotopic (exact) mass is 351 g/mol. The number of rotatable bonds is 4. The standard InChI is InChI=1S/C19H33N3O3/c20-18(24)19(9-3-1-2-4-10-19)21-17(23)15-5-11-22(12-6-15)16-7-13-25-14-8-16/h15-16H,1-14H2,(H2,20,24)(H,21,23). The van der Waals surface area contributed by atoms with E-state index >= 15 is 0 Å². The summed E-state index contributed by atoms with van der Waals surface area (Å²) in [6.07, 6.45) is 9.49. The van der Waals surface area contributed by atoms with E-state index in [1.54, 1.807) is 0 Å². The molecule has 3 aliphatic rings. The second kappa shape index (κ2) is 8.49. The van der Waals surface area contributed by atoms with Crippen LogP contribution in [0, 0.1) is 5.92 Å². The number of piperidine rings is 1. The minimum absolute atomic E-state index is 0.00979. The topological polar surface area (TPSA) is 84.7 Å². The van der Waals surface area contributed by atoms with E-state index in [1.165, 1.54) is 0 Å². The lowest BCUT2D eigenvalue weighted by Gasteiger charge is -2.40. The third-order valence-electron chi connectivity index (χ3n) is 6.40. The summed E-state index contributed by atoms with van der Waals surface area (Å²) < 4.78 is 5.44. The van der Waals surface area contributed by atoms with E-state index in [0.717, 1.165) is 77.7 Å². The van der Waals surface area contributed by atoms with E-state index in [9.17, 15) is 9.59 Å². The first kappa shape index (κ1) is 18.6. The van der Waals surface area contributed by atoms with E-state index in [-0.39, 0.29) is 17.7 Å². The highest BCUT2D eigenvalue weighted by atomic mass is 16.5. The molecule has 0 aromatic rings. The molecule has 0 bridgehead atoms. The van der Waals surface area contributed by atoms with Crippen LogP contribution >= 0.6 is 0 Å². The van der Waals surface area contributed by atoms with E-state index in [4.69, 9.17) is 10.5 Å². The average Bonchev–Trinajstić information content (AvgIpc) is 2.89. The summed E-state index contributed by atoms with van der Waals surface area (Å²) in [4.78, 5) is 27.4. The Hall–Kier alpha value is -1.14. The summed E-state index contributed by atoms with van der Waals surface area (Å²) in [5, 5.41) is 3.08. The molecule has 1 aliphatic carbocycles. The largest absolute Gasteiger partial charge is 0.381 e. The van der Waals surface area contributed by atoms with Gasteiger partial charge in [0, 0.05) is 25.2 Å². The van der Waals surface area contributed by atoms with Crippen LogP contribution in [0.3, 0.4) is 0 Å². The molecule has 3 fully saturated rings. The molecule has 0 atom stereocenters. The Kier molecular flexibility index (Phi) is 6.34. The Labute approximate surface area is 150 Å². The molecule has 0 unspecified atom stereocenters. The van der Waals surface area contributed by atoms with Crippen LogP contribution in [0.1, 0.15) is 64.2 Å². The van der Waals surface area contributed by atoms with Gasteiger partial charge in [-0.1, -0.05) is 25.7 Å². The Morgan fingerprint density at radius 1 is 0.960 bits per heavy atom. The first-order chi connectivity index (χ1) is 12.1. The molecular formula is C19H33N3O3. The van der Waals surface area contributed by atoms with Crippen LogP contribution in [0.5, 0.6) is 0 Å². The molecule has 6 heteroatoms. The number of amides is 2. The Morgan fingerprint density at radius 2 is 1.56 bits per heavy atom. The molecule has 2 aliphatic heterocycles. The predicted octanol–water partition coefficient (Wildman–Crippen LogP) is 1.57. The molecule has 3 rings (SSSR count). The van der Waals surface area contributed by atoms with Crippen molar-refractivity contribution in [2.45, 2.75) is 75.8 Å². The number of nitrogens with one attached hydrogen (secondary N) is 1. The van der Waals surface area contributed by atoms with Gasteiger partial charge in [0.1, 0.15) is 5.54 Å². The van der Waals surface area contributed by atoms with Crippen molar-refractivity contribution >= 4 is 11.8 Å². The number of primary amides is 1. The molecule has 0 aromatic heterocycles. The van der Waals surface area contributed by atoms with Crippen LogP contribution in [0.4, 0.5) is 0 Å². The highest BCUT2D eigenvalue weighted by molar-refractivity contribution is 5.91. The molecule has 2 heterocycles. The van der Waals surface area contributed by atoms with Crippen molar-refractivity contribution in [3.05, 3.63) is 0 Å². The quantitative estimate of drug-likeness (QED) is 0.753. The Balaban J connectivity index is 1.53. The van der Waals surface area contributed by atoms with Gasteiger partial charge >= 0.3 is 0 Å². The van der Waals surface area contributed by atoms with E-state index in [1.807, 2.05) is 0 Å². The van der Waals surface area contributed by atoms with Gasteiger partial charge in [0.05, 0.1) is 0 Å². The lowest BCUT2D eigenvalue weighted by molar-refractivity contribution is -0.135. The number of hydrogen-bond acceptors (Lipinski definition) is 4. The van der Waals surface area contributed by atoms with Gasteiger partial charge in [-0.2, -0.15) is 0 Å². The third-order valence-corrected chi connectivity index (χ3v) is 6.40. The smallest absolute Gasteiger partial charge is 0.243 e. The van der Waals surface area contributed by atoms with Crippen molar-refractivity contribution < 1.29 is 14.3 Å². The summed E-state index contributed by atoms with van der Waals surface area (Å²) in [7, 11) is 0. The van der Waals surface area contributed by atoms with E-state index in [2.05, 4.69) is 10.2 Å². The fourth-order valence-electron chi connectivity index (χ4n) is 4.68. The molecule has 0 radical (unpaired) electrons. The average molecular weight is 351 g/mol. The van der Waals surface area contributed by atoms with Gasteiger partial charge in [-0.05, 0) is 51.6 Å². The highest BCUT2D eigenvalue weighted by Gasteiger charge is 2.40. The number of ether oxygens (including phenoxy) is 1. The molecule has 0 aromatic carbocycles. The van der Waals surface area contributed by atoms with Gasteiger partial charge in [0.15, 0.2) is 0 Å². The van der Waals surface area contributed by atoms with Gasteiger partial charge < -0.3 is 20.7 Å². The van der Waals surface area contributed by atoms with Gasteiger partial charge in [-0.15, -0.1) is 0 Å². The molecule has 2 saturated heterocycles. The number of carbonyl (C=O) groups excluding carboxylic acids is 2. The van der Waals surface area contributed by atoms with Crippen LogP contribution in [0.15, 0.2) is 0 Å². The van der Waals surface area contributed by atoms with Crippen molar-refractivity contribution in [1.29, 1.82) is 0 Å². The molecule has 142 valence electrons. The first-order valence-corrected chi connectivity index (χ1v) is 10.0. The molecule has 3 N–H and O–H groups in total. The van der Waals surface area contributed by atoms with Crippen LogP contribution < -0.4 is 11.1 Å². The summed E-state index contributed by atoms with van der Waals surface area (Å²) >= 11 is 0. The van der Waals surface area contributed by atoms with Crippen molar-refractivity contribution in [1.82, 2.24) is 10.2 Å². The minimum Gasteiger partial charge on any atom is -0.381 e. The summed E-state index contributed by atoms with van der Waals surface area (Å²) in [6, 6.07) is 0.608. The SMILES string of the molecule is NC(=O)C1(NC(=O)C2CCN(C3CCOCC3)CC2)CCCCCC1. The van der Waals surface area contributed by atoms with E-state index in [0.29, 0.717) is 18.9 Å². The number of hydrogen-bond donors (Lipinski definition) is 2. The lowest BCUT2D eigenvalue weighted by atomic mass is 9.87. The van der Waals surface area contributed by atoms with Crippen molar-refractivity contribution in [3.8, 4) is 0 Å². The van der Waals surface area contributed by atoms with Crippen molar-refractivity contribution in [2.24, 2.45) is 11.7 Å². The fraction of sp³-hybridized carbons (Fsp3) is 0.895. The number of nitrogens with zero attached hydrogens (tertiary/aromatic N) is 1. The van der Waals surface area contributed by atoms with Crippen molar-refractivity contribution in [3.63, 3.8) is 0 Å². The molecule has 25 heavy (non-hydrogen) atoms. The third kappa shape index (κ3) is 4.53. The van der Waals surface area contributed by atoms with Gasteiger partial charge in [-0.3, -0.25) is 9.59 Å². The maximum absolute atomic E-state index is 12.8. The minimum atomic E-state index is -0.814. The number of likely N-dealkylation sites (tertiary alicyclic amines) is 1. The van der Waals surface area contributed by atoms with Gasteiger partial charge in [0.2, 0.25) is 11.8 Å². The molecule has 6 nitrogen and oxygen atoms in total. The van der Waals surface area contributed by atoms with Crippen LogP contribution in [0.25, 0.3) is 0 Å². The Bertz CT molecular complexity index is 461. The van der Waals surface area contributed by atoms with Gasteiger partial charge in [-0.25, -0.2) is 0 Å². The molecule has 2 amide bonds. The zero-order chi connectivity index (χ0) is 17.7. The summed E-state index contributed by atoms with van der Waals surface area (Å²) in [5.41, 5.74) is 4.88. The second-order valence-corrected chi connectivity index (χ2v) is 8.00. The number of nitrogens with two attached hydrogens (primary N) is 1.